The second kappa shape index (κ2) is 11.4. The lowest BCUT2D eigenvalue weighted by molar-refractivity contribution is -0.144. The van der Waals surface area contributed by atoms with E-state index < -0.39 is 6.04 Å². The quantitative estimate of drug-likeness (QED) is 0.422. The Labute approximate surface area is 202 Å². The Morgan fingerprint density at radius 1 is 1.09 bits per heavy atom. The van der Waals surface area contributed by atoms with Crippen LogP contribution < -0.4 is 5.32 Å². The number of nitrogens with zero attached hydrogens (tertiary/aromatic N) is 2. The van der Waals surface area contributed by atoms with E-state index in [0.29, 0.717) is 25.8 Å². The van der Waals surface area contributed by atoms with Gasteiger partial charge in [-0.3, -0.25) is 24.1 Å². The van der Waals surface area contributed by atoms with Crippen molar-refractivity contribution in [1.29, 1.82) is 0 Å². The third-order valence-corrected chi connectivity index (χ3v) is 6.97. The SMILES string of the molecule is CC[C@@H](C)NC(=O)[C@H](CC)N(Cc1cccc(C)c1)C(=O)CCN1C(=O)[C@H]2CC=CC[C@H]2C1=O. The fourth-order valence-corrected chi connectivity index (χ4v) is 4.81. The van der Waals surface area contributed by atoms with Crippen LogP contribution in [0.25, 0.3) is 0 Å². The normalized spacial score (nSPS) is 21.2. The van der Waals surface area contributed by atoms with Crippen molar-refractivity contribution in [3.05, 3.63) is 47.5 Å². The lowest BCUT2D eigenvalue weighted by atomic mass is 9.85. The number of hydrogen-bond acceptors (Lipinski definition) is 4. The van der Waals surface area contributed by atoms with Gasteiger partial charge >= 0.3 is 0 Å². The lowest BCUT2D eigenvalue weighted by Crippen LogP contribution is -2.51. The first kappa shape index (κ1) is 25.7. The Morgan fingerprint density at radius 3 is 2.29 bits per heavy atom. The molecule has 1 saturated heterocycles. The van der Waals surface area contributed by atoms with Crippen molar-refractivity contribution >= 4 is 23.6 Å². The van der Waals surface area contributed by atoms with Gasteiger partial charge in [0.2, 0.25) is 23.6 Å². The highest BCUT2D eigenvalue weighted by Crippen LogP contribution is 2.35. The van der Waals surface area contributed by atoms with Crippen LogP contribution in [0.2, 0.25) is 0 Å². The molecule has 1 N–H and O–H groups in total. The molecular weight excluding hydrogens is 430 g/mol. The number of fused-ring (bicyclic) bond motifs is 1. The van der Waals surface area contributed by atoms with Gasteiger partial charge in [0.1, 0.15) is 6.04 Å². The summed E-state index contributed by atoms with van der Waals surface area (Å²) < 4.78 is 0. The summed E-state index contributed by atoms with van der Waals surface area (Å²) in [5.41, 5.74) is 2.01. The summed E-state index contributed by atoms with van der Waals surface area (Å²) in [4.78, 5) is 55.0. The van der Waals surface area contributed by atoms with Gasteiger partial charge < -0.3 is 10.2 Å². The standard InChI is InChI=1S/C27H37N3O4/c1-5-19(4)28-25(32)23(6-2)30(17-20-11-9-10-18(3)16-20)24(31)14-15-29-26(33)21-12-7-8-13-22(21)27(29)34/h7-11,16,19,21-23H,5-6,12-15,17H2,1-4H3,(H,28,32)/t19-,21-,22+,23+/m1/s1. The van der Waals surface area contributed by atoms with Crippen molar-refractivity contribution in [1.82, 2.24) is 15.1 Å². The van der Waals surface area contributed by atoms with Crippen LogP contribution in [0.3, 0.4) is 0 Å². The van der Waals surface area contributed by atoms with E-state index in [1.54, 1.807) is 4.90 Å². The van der Waals surface area contributed by atoms with Crippen LogP contribution in [0.4, 0.5) is 0 Å². The van der Waals surface area contributed by atoms with Gasteiger partial charge in [-0.1, -0.05) is 55.8 Å². The minimum atomic E-state index is -0.626. The van der Waals surface area contributed by atoms with Crippen LogP contribution in [-0.2, 0) is 25.7 Å². The largest absolute Gasteiger partial charge is 0.352 e. The van der Waals surface area contributed by atoms with E-state index in [1.165, 1.54) is 4.90 Å². The van der Waals surface area contributed by atoms with Crippen molar-refractivity contribution in [3.8, 4) is 0 Å². The molecule has 0 spiro atoms. The van der Waals surface area contributed by atoms with Gasteiger partial charge in [-0.05, 0) is 45.1 Å². The Morgan fingerprint density at radius 2 is 1.74 bits per heavy atom. The van der Waals surface area contributed by atoms with E-state index in [1.807, 2.05) is 64.1 Å². The van der Waals surface area contributed by atoms with E-state index in [-0.39, 0.29) is 54.5 Å². The maximum Gasteiger partial charge on any atom is 0.243 e. The van der Waals surface area contributed by atoms with E-state index in [4.69, 9.17) is 0 Å². The molecule has 7 nitrogen and oxygen atoms in total. The van der Waals surface area contributed by atoms with Crippen molar-refractivity contribution in [2.24, 2.45) is 11.8 Å². The molecule has 1 heterocycles. The van der Waals surface area contributed by atoms with Crippen LogP contribution in [-0.4, -0.2) is 52.1 Å². The zero-order valence-corrected chi connectivity index (χ0v) is 20.8. The monoisotopic (exact) mass is 467 g/mol. The maximum atomic E-state index is 13.5. The molecule has 1 aromatic rings. The Kier molecular flexibility index (Phi) is 8.64. The highest BCUT2D eigenvalue weighted by Gasteiger charge is 2.47. The molecular formula is C27H37N3O4. The maximum absolute atomic E-state index is 13.5. The van der Waals surface area contributed by atoms with Crippen LogP contribution in [0.1, 0.15) is 64.0 Å². The molecule has 1 aliphatic heterocycles. The second-order valence-corrected chi connectivity index (χ2v) is 9.49. The molecule has 1 fully saturated rings. The van der Waals surface area contributed by atoms with Gasteiger partial charge in [-0.15, -0.1) is 0 Å². The average Bonchev–Trinajstić information content (AvgIpc) is 3.07. The summed E-state index contributed by atoms with van der Waals surface area (Å²) >= 11 is 0. The van der Waals surface area contributed by atoms with Gasteiger partial charge in [-0.2, -0.15) is 0 Å². The highest BCUT2D eigenvalue weighted by atomic mass is 16.2. The molecule has 184 valence electrons. The number of likely N-dealkylation sites (tertiary alicyclic amines) is 1. The number of aryl methyl sites for hydroxylation is 1. The first-order valence-electron chi connectivity index (χ1n) is 12.4. The van der Waals surface area contributed by atoms with E-state index in [9.17, 15) is 19.2 Å². The molecule has 0 aromatic heterocycles. The topological polar surface area (TPSA) is 86.8 Å². The van der Waals surface area contributed by atoms with Gasteiger partial charge in [0.15, 0.2) is 0 Å². The van der Waals surface area contributed by atoms with Gasteiger partial charge in [0.25, 0.3) is 0 Å². The molecule has 4 atom stereocenters. The highest BCUT2D eigenvalue weighted by molar-refractivity contribution is 6.05. The number of imide groups is 1. The Hall–Kier alpha value is -2.96. The van der Waals surface area contributed by atoms with Crippen molar-refractivity contribution in [3.63, 3.8) is 0 Å². The Bertz CT molecular complexity index is 931. The first-order valence-corrected chi connectivity index (χ1v) is 12.4. The lowest BCUT2D eigenvalue weighted by Gasteiger charge is -2.32. The fraction of sp³-hybridized carbons (Fsp3) is 0.556. The minimum Gasteiger partial charge on any atom is -0.352 e. The number of hydrogen-bond donors (Lipinski definition) is 1. The van der Waals surface area contributed by atoms with Crippen LogP contribution in [0.5, 0.6) is 0 Å². The molecule has 0 radical (unpaired) electrons. The number of allylic oxidation sites excluding steroid dienone is 2. The van der Waals surface area contributed by atoms with Gasteiger partial charge in [0.05, 0.1) is 11.8 Å². The summed E-state index contributed by atoms with van der Waals surface area (Å²) in [7, 11) is 0. The number of nitrogens with one attached hydrogen (secondary N) is 1. The molecule has 0 saturated carbocycles. The number of carbonyl (C=O) groups is 4. The predicted octanol–water partition coefficient (Wildman–Crippen LogP) is 3.36. The summed E-state index contributed by atoms with van der Waals surface area (Å²) in [6.45, 7) is 8.17. The summed E-state index contributed by atoms with van der Waals surface area (Å²) in [6.07, 6.45) is 6.32. The summed E-state index contributed by atoms with van der Waals surface area (Å²) in [5.74, 6) is -1.39. The Balaban J connectivity index is 1.76. The average molecular weight is 468 g/mol. The zero-order valence-electron chi connectivity index (χ0n) is 20.8. The van der Waals surface area contributed by atoms with Crippen molar-refractivity contribution in [2.75, 3.05) is 6.54 Å². The number of benzene rings is 1. The predicted molar refractivity (Wildman–Crippen MR) is 130 cm³/mol. The van der Waals surface area contributed by atoms with E-state index in [0.717, 1.165) is 17.5 Å². The minimum absolute atomic E-state index is 0.00325. The number of carbonyl (C=O) groups excluding carboxylic acids is 4. The second-order valence-electron chi connectivity index (χ2n) is 9.49. The fourth-order valence-electron chi connectivity index (χ4n) is 4.81. The van der Waals surface area contributed by atoms with Crippen molar-refractivity contribution in [2.45, 2.75) is 78.4 Å². The van der Waals surface area contributed by atoms with E-state index in [2.05, 4.69) is 5.32 Å². The third-order valence-electron chi connectivity index (χ3n) is 6.97. The summed E-state index contributed by atoms with van der Waals surface area (Å²) in [6, 6.07) is 7.25. The molecule has 34 heavy (non-hydrogen) atoms. The smallest absolute Gasteiger partial charge is 0.243 e. The molecule has 2 aliphatic rings. The molecule has 3 rings (SSSR count). The molecule has 0 bridgehead atoms. The molecule has 1 aliphatic carbocycles. The van der Waals surface area contributed by atoms with Crippen LogP contribution in [0, 0.1) is 18.8 Å². The van der Waals surface area contributed by atoms with Gasteiger partial charge in [0, 0.05) is 25.6 Å². The molecule has 4 amide bonds. The molecule has 7 heteroatoms. The molecule has 0 unspecified atom stereocenters. The third kappa shape index (κ3) is 5.75. The van der Waals surface area contributed by atoms with E-state index >= 15 is 0 Å². The van der Waals surface area contributed by atoms with Crippen molar-refractivity contribution < 1.29 is 19.2 Å². The number of rotatable bonds is 10. The number of amides is 4. The zero-order chi connectivity index (χ0) is 24.8. The first-order chi connectivity index (χ1) is 16.3. The molecule has 1 aromatic carbocycles. The summed E-state index contributed by atoms with van der Waals surface area (Å²) in [5, 5.41) is 3.00. The van der Waals surface area contributed by atoms with Crippen LogP contribution >= 0.6 is 0 Å². The van der Waals surface area contributed by atoms with Crippen LogP contribution in [0.15, 0.2) is 36.4 Å². The van der Waals surface area contributed by atoms with Gasteiger partial charge in [-0.25, -0.2) is 0 Å².